The Hall–Kier alpha value is -3.71. The Labute approximate surface area is 263 Å². The van der Waals surface area contributed by atoms with Crippen molar-refractivity contribution < 1.29 is 19.4 Å². The van der Waals surface area contributed by atoms with Gasteiger partial charge in [-0.2, -0.15) is 0 Å². The Morgan fingerprint density at radius 1 is 1.18 bits per heavy atom. The van der Waals surface area contributed by atoms with E-state index in [1.807, 2.05) is 18.2 Å². The lowest BCUT2D eigenvalue weighted by Crippen LogP contribution is -2.43. The molecule has 0 radical (unpaired) electrons. The SMILES string of the molecule is COc1ccc2c(c1)C(OC(N)=O)C1(CCNCC1)C2c1cnc(Sc2ccc3ncn(CC(C)(C)O)c(=O)c3c2Cl)cn1. The maximum absolute atomic E-state index is 13.2. The van der Waals surface area contributed by atoms with Crippen molar-refractivity contribution in [1.82, 2.24) is 24.8 Å². The molecule has 1 aliphatic heterocycles. The Bertz CT molecular complexity index is 1790. The largest absolute Gasteiger partial charge is 0.497 e. The van der Waals surface area contributed by atoms with E-state index in [0.29, 0.717) is 21.2 Å². The van der Waals surface area contributed by atoms with E-state index >= 15 is 0 Å². The second-order valence-corrected chi connectivity index (χ2v) is 13.3. The van der Waals surface area contributed by atoms with Crippen LogP contribution in [0.15, 0.2) is 63.8 Å². The zero-order valence-electron chi connectivity index (χ0n) is 24.5. The molecule has 3 heterocycles. The van der Waals surface area contributed by atoms with Crippen molar-refractivity contribution >= 4 is 40.4 Å². The Morgan fingerprint density at radius 2 is 1.95 bits per heavy atom. The van der Waals surface area contributed by atoms with E-state index in [1.54, 1.807) is 45.5 Å². The number of nitrogens with zero attached hydrogens (tertiary/aromatic N) is 4. The van der Waals surface area contributed by atoms with Crippen molar-refractivity contribution in [1.29, 1.82) is 0 Å². The standard InChI is InChI=1S/C31H33ClN6O5S/c1-30(2,41)15-38-16-37-20-6-7-22(26(32)24(20)28(38)39)44-23-14-35-21(13-36-23)25-18-5-4-17(42-3)12-19(18)27(43-29(33)40)31(25)8-10-34-11-9-31/h4-7,12-14,16,25,27,34,41H,8-11,15H2,1-3H3,(H2,33,40). The molecule has 1 aliphatic carbocycles. The highest BCUT2D eigenvalue weighted by molar-refractivity contribution is 7.99. The van der Waals surface area contributed by atoms with Crippen LogP contribution in [0.3, 0.4) is 0 Å². The van der Waals surface area contributed by atoms with Gasteiger partial charge in [0.1, 0.15) is 16.9 Å². The molecule has 11 nitrogen and oxygen atoms in total. The Kier molecular flexibility index (Phi) is 8.03. The zero-order valence-corrected chi connectivity index (χ0v) is 26.1. The predicted octanol–water partition coefficient (Wildman–Crippen LogP) is 4.42. The smallest absolute Gasteiger partial charge is 0.405 e. The number of aromatic nitrogens is 4. The summed E-state index contributed by atoms with van der Waals surface area (Å²) in [7, 11) is 1.60. The van der Waals surface area contributed by atoms with Crippen molar-refractivity contribution in [2.24, 2.45) is 11.1 Å². The van der Waals surface area contributed by atoms with Gasteiger partial charge >= 0.3 is 6.09 Å². The van der Waals surface area contributed by atoms with Gasteiger partial charge in [-0.1, -0.05) is 29.4 Å². The number of primary amides is 1. The lowest BCUT2D eigenvalue weighted by Gasteiger charge is -2.42. The highest BCUT2D eigenvalue weighted by atomic mass is 35.5. The van der Waals surface area contributed by atoms with Gasteiger partial charge in [0.2, 0.25) is 0 Å². The number of carbonyl (C=O) groups excluding carboxylic acids is 1. The van der Waals surface area contributed by atoms with Crippen LogP contribution in [0.5, 0.6) is 5.75 Å². The van der Waals surface area contributed by atoms with Gasteiger partial charge in [-0.25, -0.2) is 14.8 Å². The number of aliphatic hydroxyl groups is 1. The average molecular weight is 637 g/mol. The molecule has 44 heavy (non-hydrogen) atoms. The molecule has 1 saturated heterocycles. The second kappa shape index (κ2) is 11.7. The number of carbonyl (C=O) groups is 1. The lowest BCUT2D eigenvalue weighted by atomic mass is 9.67. The first-order chi connectivity index (χ1) is 21.0. The first-order valence-electron chi connectivity index (χ1n) is 14.3. The maximum atomic E-state index is 13.2. The van der Waals surface area contributed by atoms with Crippen LogP contribution in [0.25, 0.3) is 10.9 Å². The third-order valence-corrected chi connectivity index (χ3v) is 9.85. The van der Waals surface area contributed by atoms with Crippen LogP contribution in [-0.2, 0) is 11.3 Å². The van der Waals surface area contributed by atoms with E-state index in [4.69, 9.17) is 36.8 Å². The average Bonchev–Trinajstić information content (AvgIpc) is 3.23. The number of hydrogen-bond acceptors (Lipinski definition) is 10. The normalized spacial score (nSPS) is 19.2. The van der Waals surface area contributed by atoms with Crippen LogP contribution < -0.4 is 21.3 Å². The summed E-state index contributed by atoms with van der Waals surface area (Å²) in [6.45, 7) is 4.84. The van der Waals surface area contributed by atoms with E-state index in [2.05, 4.69) is 10.3 Å². The number of rotatable bonds is 7. The summed E-state index contributed by atoms with van der Waals surface area (Å²) in [4.78, 5) is 39.9. The molecule has 4 aromatic rings. The highest BCUT2D eigenvalue weighted by Gasteiger charge is 2.56. The lowest BCUT2D eigenvalue weighted by molar-refractivity contribution is -0.00916. The minimum atomic E-state index is -1.10. The van der Waals surface area contributed by atoms with Crippen molar-refractivity contribution in [3.05, 3.63) is 81.3 Å². The predicted molar refractivity (Wildman–Crippen MR) is 166 cm³/mol. The molecule has 0 saturated carbocycles. The van der Waals surface area contributed by atoms with Gasteiger partial charge in [-0.15, -0.1) is 0 Å². The van der Waals surface area contributed by atoms with E-state index < -0.39 is 23.2 Å². The number of amides is 1. The fourth-order valence-corrected chi connectivity index (χ4v) is 7.69. The van der Waals surface area contributed by atoms with E-state index in [0.717, 1.165) is 42.8 Å². The summed E-state index contributed by atoms with van der Waals surface area (Å²) >= 11 is 8.05. The second-order valence-electron chi connectivity index (χ2n) is 11.9. The van der Waals surface area contributed by atoms with E-state index in [9.17, 15) is 14.7 Å². The van der Waals surface area contributed by atoms with Gasteiger partial charge < -0.3 is 25.6 Å². The molecule has 2 aliphatic rings. The maximum Gasteiger partial charge on any atom is 0.405 e. The summed E-state index contributed by atoms with van der Waals surface area (Å²) in [5.41, 5.74) is 6.76. The number of hydrogen-bond donors (Lipinski definition) is 3. The van der Waals surface area contributed by atoms with Crippen LogP contribution in [0, 0.1) is 5.41 Å². The van der Waals surface area contributed by atoms with Crippen LogP contribution in [0.4, 0.5) is 4.79 Å². The topological polar surface area (TPSA) is 154 Å². The number of benzene rings is 2. The third kappa shape index (κ3) is 5.51. The molecule has 2 atom stereocenters. The first-order valence-corrected chi connectivity index (χ1v) is 15.4. The quantitative estimate of drug-likeness (QED) is 0.265. The Balaban J connectivity index is 1.35. The molecule has 2 aromatic carbocycles. The molecule has 1 spiro atoms. The molecule has 1 amide bonds. The number of nitrogens with one attached hydrogen (secondary N) is 1. The van der Waals surface area contributed by atoms with Gasteiger partial charge in [0.05, 0.1) is 59.6 Å². The van der Waals surface area contributed by atoms with E-state index in [-0.39, 0.29) is 28.4 Å². The number of methoxy groups -OCH3 is 1. The van der Waals surface area contributed by atoms with E-state index in [1.165, 1.54) is 22.7 Å². The monoisotopic (exact) mass is 636 g/mol. The van der Waals surface area contributed by atoms with Gasteiger partial charge in [-0.05, 0) is 69.6 Å². The number of piperidine rings is 1. The van der Waals surface area contributed by atoms with Crippen molar-refractivity contribution in [2.75, 3.05) is 20.2 Å². The molecule has 1 fully saturated rings. The summed E-state index contributed by atoms with van der Waals surface area (Å²) in [6.07, 6.45) is 4.97. The highest BCUT2D eigenvalue weighted by Crippen LogP contribution is 2.62. The number of nitrogens with two attached hydrogens (primary N) is 1. The van der Waals surface area contributed by atoms with Gasteiger partial charge in [-0.3, -0.25) is 14.3 Å². The molecule has 230 valence electrons. The zero-order chi connectivity index (χ0) is 31.2. The summed E-state index contributed by atoms with van der Waals surface area (Å²) in [6, 6.07) is 9.36. The molecule has 4 N–H and O–H groups in total. The first kappa shape index (κ1) is 30.3. The summed E-state index contributed by atoms with van der Waals surface area (Å²) in [5.74, 6) is 0.477. The van der Waals surface area contributed by atoms with Crippen molar-refractivity contribution in [3.8, 4) is 5.75 Å². The summed E-state index contributed by atoms with van der Waals surface area (Å²) < 4.78 is 12.7. The van der Waals surface area contributed by atoms with Crippen LogP contribution in [0.1, 0.15) is 55.5 Å². The molecule has 6 rings (SSSR count). The molecule has 0 bridgehead atoms. The van der Waals surface area contributed by atoms with Gasteiger partial charge in [0.15, 0.2) is 0 Å². The fourth-order valence-electron chi connectivity index (χ4n) is 6.57. The molecule has 2 unspecified atom stereocenters. The fraction of sp³-hybridized carbons (Fsp3) is 0.387. The van der Waals surface area contributed by atoms with Gasteiger partial charge in [0, 0.05) is 21.8 Å². The van der Waals surface area contributed by atoms with Crippen molar-refractivity contribution in [3.63, 3.8) is 0 Å². The van der Waals surface area contributed by atoms with Crippen molar-refractivity contribution in [2.45, 2.75) is 60.8 Å². The van der Waals surface area contributed by atoms with Gasteiger partial charge in [0.25, 0.3) is 5.56 Å². The minimum absolute atomic E-state index is 0.0787. The number of fused-ring (bicyclic) bond motifs is 2. The third-order valence-electron chi connectivity index (χ3n) is 8.36. The molecular formula is C31H33ClN6O5S. The minimum Gasteiger partial charge on any atom is -0.497 e. The molecule has 13 heteroatoms. The number of ether oxygens (including phenoxy) is 2. The number of halogens is 1. The van der Waals surface area contributed by atoms with Crippen LogP contribution in [-0.4, -0.2) is 56.5 Å². The molecular weight excluding hydrogens is 604 g/mol. The summed E-state index contributed by atoms with van der Waals surface area (Å²) in [5, 5.41) is 14.8. The van der Waals surface area contributed by atoms with Crippen LogP contribution >= 0.6 is 23.4 Å². The molecule has 2 aromatic heterocycles. The Morgan fingerprint density at radius 3 is 2.61 bits per heavy atom. The van der Waals surface area contributed by atoms with Crippen LogP contribution in [0.2, 0.25) is 5.02 Å².